The van der Waals surface area contributed by atoms with E-state index in [0.29, 0.717) is 28.6 Å². The van der Waals surface area contributed by atoms with E-state index in [4.69, 9.17) is 4.74 Å². The first kappa shape index (κ1) is 23.6. The number of benzene rings is 2. The van der Waals surface area contributed by atoms with Crippen LogP contribution >= 0.6 is 11.3 Å². The standard InChI is InChI=1S/C25H25FN4O3S/c26-19-8-12-21(13-9-19)33-16-22-29-30-25(34-22)24(32)28-20-10-6-18(7-11-20)23(31)27-15-14-17-4-2-1-3-5-17/h4,6-13H,1-3,5,14-16H2,(H,27,31)(H,28,32). The van der Waals surface area contributed by atoms with Gasteiger partial charge in [0.15, 0.2) is 5.01 Å². The average molecular weight is 481 g/mol. The second-order valence-electron chi connectivity index (χ2n) is 7.89. The maximum Gasteiger partial charge on any atom is 0.286 e. The van der Waals surface area contributed by atoms with Gasteiger partial charge in [-0.15, -0.1) is 10.2 Å². The maximum atomic E-state index is 13.0. The number of rotatable bonds is 9. The van der Waals surface area contributed by atoms with Crippen molar-refractivity contribution in [2.75, 3.05) is 11.9 Å². The van der Waals surface area contributed by atoms with Gasteiger partial charge in [0.25, 0.3) is 11.8 Å². The van der Waals surface area contributed by atoms with Gasteiger partial charge >= 0.3 is 0 Å². The minimum Gasteiger partial charge on any atom is -0.486 e. The van der Waals surface area contributed by atoms with E-state index in [0.717, 1.165) is 30.6 Å². The molecule has 2 aromatic carbocycles. The molecule has 1 aromatic heterocycles. The number of halogens is 1. The highest BCUT2D eigenvalue weighted by atomic mass is 32.1. The molecular weight excluding hydrogens is 455 g/mol. The lowest BCUT2D eigenvalue weighted by Crippen LogP contribution is -2.24. The number of nitrogens with zero attached hydrogens (tertiary/aromatic N) is 2. The summed E-state index contributed by atoms with van der Waals surface area (Å²) in [6.07, 6.45) is 7.92. The number of carbonyl (C=O) groups is 2. The van der Waals surface area contributed by atoms with Crippen LogP contribution in [0.3, 0.4) is 0 Å². The Hall–Kier alpha value is -3.59. The third kappa shape index (κ3) is 6.71. The lowest BCUT2D eigenvalue weighted by atomic mass is 9.97. The Bertz CT molecular complexity index is 1160. The number of carbonyl (C=O) groups excluding carboxylic acids is 2. The van der Waals surface area contributed by atoms with Gasteiger partial charge in [-0.1, -0.05) is 23.0 Å². The molecule has 0 atom stereocenters. The molecule has 0 bridgehead atoms. The highest BCUT2D eigenvalue weighted by molar-refractivity contribution is 7.13. The third-order valence-corrected chi connectivity index (χ3v) is 6.25. The molecule has 7 nitrogen and oxygen atoms in total. The van der Waals surface area contributed by atoms with E-state index in [1.54, 1.807) is 24.3 Å². The summed E-state index contributed by atoms with van der Waals surface area (Å²) in [4.78, 5) is 24.8. The van der Waals surface area contributed by atoms with Crippen molar-refractivity contribution in [3.05, 3.63) is 81.6 Å². The van der Waals surface area contributed by atoms with Crippen LogP contribution < -0.4 is 15.4 Å². The summed E-state index contributed by atoms with van der Waals surface area (Å²) in [6.45, 7) is 0.741. The molecule has 0 spiro atoms. The van der Waals surface area contributed by atoms with Gasteiger partial charge in [-0.2, -0.15) is 0 Å². The van der Waals surface area contributed by atoms with Gasteiger partial charge in [-0.3, -0.25) is 9.59 Å². The Labute approximate surface area is 201 Å². The number of hydrogen-bond donors (Lipinski definition) is 2. The van der Waals surface area contributed by atoms with Crippen LogP contribution in [-0.2, 0) is 6.61 Å². The number of nitrogens with one attached hydrogen (secondary N) is 2. The molecule has 1 heterocycles. The van der Waals surface area contributed by atoms with Crippen LogP contribution in [0.15, 0.2) is 60.2 Å². The van der Waals surface area contributed by atoms with Crippen LogP contribution in [0, 0.1) is 5.82 Å². The molecule has 2 N–H and O–H groups in total. The summed E-state index contributed by atoms with van der Waals surface area (Å²) < 4.78 is 18.5. The molecule has 34 heavy (non-hydrogen) atoms. The van der Waals surface area contributed by atoms with Crippen molar-refractivity contribution in [2.45, 2.75) is 38.7 Å². The maximum absolute atomic E-state index is 13.0. The lowest BCUT2D eigenvalue weighted by molar-refractivity contribution is 0.0953. The molecule has 2 amide bonds. The molecule has 0 aliphatic heterocycles. The van der Waals surface area contributed by atoms with Crippen LogP contribution in [-0.4, -0.2) is 28.6 Å². The fourth-order valence-corrected chi connectivity index (χ4v) is 4.19. The van der Waals surface area contributed by atoms with Crippen molar-refractivity contribution in [3.8, 4) is 5.75 Å². The molecule has 3 aromatic rings. The number of anilines is 1. The second kappa shape index (κ2) is 11.5. The quantitative estimate of drug-likeness (QED) is 0.414. The number of aromatic nitrogens is 2. The fourth-order valence-electron chi connectivity index (χ4n) is 3.54. The zero-order chi connectivity index (χ0) is 23.8. The summed E-state index contributed by atoms with van der Waals surface area (Å²) in [5.74, 6) is -0.381. The minimum absolute atomic E-state index is 0.123. The number of allylic oxidation sites excluding steroid dienone is 1. The topological polar surface area (TPSA) is 93.2 Å². The van der Waals surface area contributed by atoms with Gasteiger partial charge in [0.1, 0.15) is 18.2 Å². The highest BCUT2D eigenvalue weighted by Gasteiger charge is 2.14. The summed E-state index contributed by atoms with van der Waals surface area (Å²) in [7, 11) is 0. The summed E-state index contributed by atoms with van der Waals surface area (Å²) in [6, 6.07) is 12.3. The van der Waals surface area contributed by atoms with Crippen molar-refractivity contribution in [1.29, 1.82) is 0 Å². The lowest BCUT2D eigenvalue weighted by Gasteiger charge is -2.13. The molecule has 0 saturated heterocycles. The Morgan fingerprint density at radius 1 is 1.00 bits per heavy atom. The monoisotopic (exact) mass is 480 g/mol. The van der Waals surface area contributed by atoms with Gasteiger partial charge in [0, 0.05) is 17.8 Å². The molecule has 176 valence electrons. The summed E-state index contributed by atoms with van der Waals surface area (Å²) in [5, 5.41) is 14.3. The van der Waals surface area contributed by atoms with Crippen molar-refractivity contribution in [2.24, 2.45) is 0 Å². The number of ether oxygens (including phenoxy) is 1. The molecular formula is C25H25FN4O3S. The second-order valence-corrected chi connectivity index (χ2v) is 8.95. The van der Waals surface area contributed by atoms with Crippen LogP contribution in [0.4, 0.5) is 10.1 Å². The molecule has 1 aliphatic rings. The highest BCUT2D eigenvalue weighted by Crippen LogP contribution is 2.20. The van der Waals surface area contributed by atoms with E-state index < -0.39 is 5.91 Å². The normalized spacial score (nSPS) is 13.1. The Kier molecular flexibility index (Phi) is 7.98. The van der Waals surface area contributed by atoms with E-state index in [2.05, 4.69) is 26.9 Å². The first-order valence-corrected chi connectivity index (χ1v) is 12.0. The van der Waals surface area contributed by atoms with Crippen LogP contribution in [0.2, 0.25) is 0 Å². The van der Waals surface area contributed by atoms with Crippen molar-refractivity contribution >= 4 is 28.8 Å². The van der Waals surface area contributed by atoms with Gasteiger partial charge in [0.05, 0.1) is 0 Å². The smallest absolute Gasteiger partial charge is 0.286 e. The molecule has 0 radical (unpaired) electrons. The fraction of sp³-hybridized carbons (Fsp3) is 0.280. The predicted octanol–water partition coefficient (Wildman–Crippen LogP) is 5.13. The molecule has 0 fully saturated rings. The molecule has 9 heteroatoms. The van der Waals surface area contributed by atoms with Crippen LogP contribution in [0.25, 0.3) is 0 Å². The van der Waals surface area contributed by atoms with Gasteiger partial charge in [-0.05, 0) is 80.6 Å². The third-order valence-electron chi connectivity index (χ3n) is 5.36. The first-order chi connectivity index (χ1) is 16.6. The first-order valence-electron chi connectivity index (χ1n) is 11.1. The number of hydrogen-bond acceptors (Lipinski definition) is 6. The van der Waals surface area contributed by atoms with Gasteiger partial charge in [0.2, 0.25) is 5.01 Å². The van der Waals surface area contributed by atoms with Crippen molar-refractivity contribution < 1.29 is 18.7 Å². The van der Waals surface area contributed by atoms with Crippen LogP contribution in [0.1, 0.15) is 57.3 Å². The van der Waals surface area contributed by atoms with E-state index in [1.165, 1.54) is 42.7 Å². The van der Waals surface area contributed by atoms with Gasteiger partial charge in [-0.25, -0.2) is 4.39 Å². The predicted molar refractivity (Wildman–Crippen MR) is 129 cm³/mol. The van der Waals surface area contributed by atoms with Crippen molar-refractivity contribution in [1.82, 2.24) is 15.5 Å². The Balaban J connectivity index is 1.24. The Morgan fingerprint density at radius 2 is 1.79 bits per heavy atom. The molecule has 1 aliphatic carbocycles. The summed E-state index contributed by atoms with van der Waals surface area (Å²) >= 11 is 1.11. The SMILES string of the molecule is O=C(NCCC1=CCCCC1)c1ccc(NC(=O)c2nnc(COc3ccc(F)cc3)s2)cc1. The van der Waals surface area contributed by atoms with E-state index in [-0.39, 0.29) is 23.3 Å². The average Bonchev–Trinajstić information content (AvgIpc) is 3.34. The molecule has 0 saturated carbocycles. The van der Waals surface area contributed by atoms with Crippen LogP contribution in [0.5, 0.6) is 5.75 Å². The van der Waals surface area contributed by atoms with E-state index in [9.17, 15) is 14.0 Å². The number of amides is 2. The Morgan fingerprint density at radius 3 is 2.53 bits per heavy atom. The van der Waals surface area contributed by atoms with Crippen molar-refractivity contribution in [3.63, 3.8) is 0 Å². The minimum atomic E-state index is -0.400. The van der Waals surface area contributed by atoms with Gasteiger partial charge < -0.3 is 15.4 Å². The van der Waals surface area contributed by atoms with E-state index in [1.807, 2.05) is 0 Å². The summed E-state index contributed by atoms with van der Waals surface area (Å²) in [5.41, 5.74) is 2.51. The molecule has 0 unspecified atom stereocenters. The molecule has 4 rings (SSSR count). The zero-order valence-corrected chi connectivity index (χ0v) is 19.4. The van der Waals surface area contributed by atoms with E-state index >= 15 is 0 Å². The zero-order valence-electron chi connectivity index (χ0n) is 18.6. The largest absolute Gasteiger partial charge is 0.486 e.